The molecule has 0 saturated carbocycles. The van der Waals surface area contributed by atoms with Gasteiger partial charge in [-0.05, 0) is 60.4 Å². The molecule has 6 aromatic rings. The summed E-state index contributed by atoms with van der Waals surface area (Å²) in [6.45, 7) is 0. The molecule has 4 aromatic carbocycles. The van der Waals surface area contributed by atoms with Crippen LogP contribution in [0.4, 0.5) is 17.6 Å². The fourth-order valence-corrected chi connectivity index (χ4v) is 2.90. The van der Waals surface area contributed by atoms with Crippen molar-refractivity contribution in [1.82, 2.24) is 9.13 Å². The molecule has 38 heavy (non-hydrogen) atoms. The van der Waals surface area contributed by atoms with Gasteiger partial charge in [-0.3, -0.25) is 0 Å². The van der Waals surface area contributed by atoms with Crippen molar-refractivity contribution in [3.8, 4) is 11.4 Å². The topological polar surface area (TPSA) is 9.86 Å². The van der Waals surface area contributed by atoms with Crippen molar-refractivity contribution >= 4 is 0 Å². The van der Waals surface area contributed by atoms with Gasteiger partial charge in [0.2, 0.25) is 0 Å². The molecule has 0 saturated heterocycles. The predicted molar refractivity (Wildman–Crippen MR) is 133 cm³/mol. The van der Waals surface area contributed by atoms with Crippen molar-refractivity contribution in [2.24, 2.45) is 0 Å². The standard InChI is InChI=1S/2C10H6F2N.2C5H5.2Ti/c2*11-8-3-4-10(9(12)7-8)13-5-1-2-6-13;2*1-2-4-5-3-1;;/h2*1-6H;2*1-5H;;/q4*-1;2*+2. The van der Waals surface area contributed by atoms with Gasteiger partial charge in [0.25, 0.3) is 0 Å². The Hall–Kier alpha value is -3.15. The number of hydrogen-bond donors (Lipinski definition) is 0. The van der Waals surface area contributed by atoms with Gasteiger partial charge in [0.1, 0.15) is 0 Å². The van der Waals surface area contributed by atoms with E-state index in [1.54, 1.807) is 58.2 Å². The van der Waals surface area contributed by atoms with Crippen molar-refractivity contribution in [2.45, 2.75) is 0 Å². The van der Waals surface area contributed by atoms with Gasteiger partial charge < -0.3 is 9.13 Å². The van der Waals surface area contributed by atoms with E-state index in [0.29, 0.717) is 11.4 Å². The average molecular weight is 582 g/mol. The third kappa shape index (κ3) is 11.1. The molecule has 0 radical (unpaired) electrons. The van der Waals surface area contributed by atoms with Crippen LogP contribution in [0.15, 0.2) is 134 Å². The fourth-order valence-electron chi connectivity index (χ4n) is 2.90. The Labute approximate surface area is 249 Å². The molecule has 0 aliphatic rings. The summed E-state index contributed by atoms with van der Waals surface area (Å²) in [6.07, 6.45) is 6.74. The largest absolute Gasteiger partial charge is 2.00 e. The second-order valence-electron chi connectivity index (χ2n) is 7.12. The maximum Gasteiger partial charge on any atom is 2.00 e. The van der Waals surface area contributed by atoms with Crippen molar-refractivity contribution in [1.29, 1.82) is 0 Å². The van der Waals surface area contributed by atoms with Crippen LogP contribution in [0.5, 0.6) is 0 Å². The van der Waals surface area contributed by atoms with E-state index in [-0.39, 0.29) is 43.4 Å². The molecule has 2 heterocycles. The van der Waals surface area contributed by atoms with Crippen LogP contribution >= 0.6 is 0 Å². The molecule has 0 aliphatic heterocycles. The van der Waals surface area contributed by atoms with Crippen LogP contribution in [0.3, 0.4) is 0 Å². The van der Waals surface area contributed by atoms with E-state index in [1.165, 1.54) is 24.3 Å². The number of aromatic nitrogens is 2. The Balaban J connectivity index is 0.000000270. The van der Waals surface area contributed by atoms with E-state index >= 15 is 0 Å². The first-order chi connectivity index (χ1) is 17.5. The van der Waals surface area contributed by atoms with Gasteiger partial charge in [-0.15, -0.1) is 36.4 Å². The van der Waals surface area contributed by atoms with Crippen LogP contribution in [0.2, 0.25) is 0 Å². The van der Waals surface area contributed by atoms with Crippen molar-refractivity contribution in [3.63, 3.8) is 0 Å². The number of rotatable bonds is 2. The molecular weight excluding hydrogens is 560 g/mol. The zero-order valence-electron chi connectivity index (χ0n) is 20.1. The van der Waals surface area contributed by atoms with E-state index in [4.69, 9.17) is 0 Å². The van der Waals surface area contributed by atoms with E-state index in [9.17, 15) is 17.6 Å². The summed E-state index contributed by atoms with van der Waals surface area (Å²) in [5, 5.41) is 0. The molecule has 0 aliphatic carbocycles. The Bertz CT molecular complexity index is 1220. The number of halogens is 4. The van der Waals surface area contributed by atoms with Gasteiger partial charge in [-0.1, -0.05) is 0 Å². The fraction of sp³-hybridized carbons (Fsp3) is 0. The summed E-state index contributed by atoms with van der Waals surface area (Å²) in [6, 6.07) is 36.1. The van der Waals surface area contributed by atoms with E-state index in [0.717, 1.165) is 0 Å². The summed E-state index contributed by atoms with van der Waals surface area (Å²) in [4.78, 5) is 0. The molecule has 0 bridgehead atoms. The van der Waals surface area contributed by atoms with Crippen LogP contribution in [-0.2, 0) is 43.4 Å². The molecule has 2 aromatic heterocycles. The smallest absolute Gasteiger partial charge is 0.375 e. The maximum atomic E-state index is 13.1. The molecule has 8 heteroatoms. The zero-order chi connectivity index (χ0) is 25.6. The summed E-state index contributed by atoms with van der Waals surface area (Å²) in [5.41, 5.74) is 0.595. The second-order valence-corrected chi connectivity index (χ2v) is 7.12. The monoisotopic (exact) mass is 582 g/mol. The molecule has 0 fully saturated rings. The second kappa shape index (κ2) is 18.2. The van der Waals surface area contributed by atoms with Gasteiger partial charge in [0, 0.05) is 23.3 Å². The molecule has 0 spiro atoms. The SMILES string of the molecule is Fc1[c-]c(F)c(-n2cccc2)cc1.Fc1[c-]c(F)c(-n2cccc2)cc1.[Ti+2].[Ti+2].c1cc[cH-]c1.c1cc[cH-]c1. The first-order valence-electron chi connectivity index (χ1n) is 10.9. The molecule has 0 unspecified atom stereocenters. The first kappa shape index (κ1) is 32.9. The Morgan fingerprint density at radius 3 is 1.03 bits per heavy atom. The molecule has 188 valence electrons. The molecule has 0 N–H and O–H groups in total. The summed E-state index contributed by atoms with van der Waals surface area (Å²) >= 11 is 0. The van der Waals surface area contributed by atoms with Gasteiger partial charge in [-0.2, -0.15) is 36.4 Å². The van der Waals surface area contributed by atoms with E-state index in [2.05, 4.69) is 0 Å². The van der Waals surface area contributed by atoms with Gasteiger partial charge >= 0.3 is 43.4 Å². The number of benzene rings is 2. The Kier molecular flexibility index (Phi) is 15.7. The zero-order valence-corrected chi connectivity index (χ0v) is 23.2. The van der Waals surface area contributed by atoms with E-state index in [1.807, 2.05) is 72.8 Å². The maximum absolute atomic E-state index is 13.1. The van der Waals surface area contributed by atoms with Gasteiger partial charge in [0.15, 0.2) is 0 Å². The average Bonchev–Trinajstić information content (AvgIpc) is 3.69. The first-order valence-corrected chi connectivity index (χ1v) is 10.9. The Morgan fingerprint density at radius 2 is 0.789 bits per heavy atom. The van der Waals surface area contributed by atoms with Crippen LogP contribution in [0, 0.1) is 35.4 Å². The minimum absolute atomic E-state index is 0. The van der Waals surface area contributed by atoms with Crippen LogP contribution in [0.1, 0.15) is 0 Å². The van der Waals surface area contributed by atoms with Crippen molar-refractivity contribution < 1.29 is 61.0 Å². The van der Waals surface area contributed by atoms with Gasteiger partial charge in [0.05, 0.1) is 0 Å². The molecule has 0 amide bonds. The van der Waals surface area contributed by atoms with Crippen LogP contribution in [-0.4, -0.2) is 9.13 Å². The molecule has 0 atom stereocenters. The quantitative estimate of drug-likeness (QED) is 0.112. The minimum atomic E-state index is -0.687. The molecule has 2 nitrogen and oxygen atoms in total. The van der Waals surface area contributed by atoms with Crippen LogP contribution in [0.25, 0.3) is 11.4 Å². The summed E-state index contributed by atoms with van der Waals surface area (Å²) < 4.78 is 54.3. The minimum Gasteiger partial charge on any atom is -0.375 e. The number of nitrogens with zero attached hydrogens (tertiary/aromatic N) is 2. The third-order valence-electron chi connectivity index (χ3n) is 4.56. The summed E-state index contributed by atoms with van der Waals surface area (Å²) in [5.74, 6) is -2.74. The third-order valence-corrected chi connectivity index (χ3v) is 4.56. The van der Waals surface area contributed by atoms with Crippen molar-refractivity contribution in [2.75, 3.05) is 0 Å². The molecule has 6 rings (SSSR count). The Morgan fingerprint density at radius 1 is 0.474 bits per heavy atom. The molecular formula is C30H22F4N2Ti2. The van der Waals surface area contributed by atoms with Crippen LogP contribution < -0.4 is 0 Å². The normalized spacial score (nSPS) is 9.16. The van der Waals surface area contributed by atoms with Crippen molar-refractivity contribution in [3.05, 3.63) is 169 Å². The summed E-state index contributed by atoms with van der Waals surface area (Å²) in [7, 11) is 0. The predicted octanol–water partition coefficient (Wildman–Crippen LogP) is 7.92. The van der Waals surface area contributed by atoms with Gasteiger partial charge in [-0.25, -0.2) is 41.8 Å². The number of hydrogen-bond acceptors (Lipinski definition) is 0. The van der Waals surface area contributed by atoms with E-state index < -0.39 is 23.3 Å².